The molecule has 3 nitrogen and oxygen atoms in total. The van der Waals surface area contributed by atoms with E-state index < -0.39 is 0 Å². The molecular weight excluding hydrogens is 212 g/mol. The van der Waals surface area contributed by atoms with Gasteiger partial charge in [-0.2, -0.15) is 0 Å². The molecule has 0 bridgehead atoms. The van der Waals surface area contributed by atoms with Gasteiger partial charge in [-0.15, -0.1) is 0 Å². The highest BCUT2D eigenvalue weighted by Crippen LogP contribution is 2.18. The molecule has 17 heavy (non-hydrogen) atoms. The Morgan fingerprint density at radius 2 is 2.00 bits per heavy atom. The van der Waals surface area contributed by atoms with E-state index in [2.05, 4.69) is 17.0 Å². The van der Waals surface area contributed by atoms with Crippen molar-refractivity contribution in [3.05, 3.63) is 29.8 Å². The van der Waals surface area contributed by atoms with Crippen LogP contribution in [0.4, 0.5) is 0 Å². The molecule has 1 saturated heterocycles. The minimum absolute atomic E-state index is 0.414. The van der Waals surface area contributed by atoms with Crippen molar-refractivity contribution in [3.8, 4) is 5.75 Å². The second-order valence-electron chi connectivity index (χ2n) is 4.74. The van der Waals surface area contributed by atoms with Crippen LogP contribution in [0.25, 0.3) is 0 Å². The van der Waals surface area contributed by atoms with Gasteiger partial charge in [0.2, 0.25) is 0 Å². The minimum atomic E-state index is 0.414. The number of benzene rings is 1. The standard InChI is InChI=1S/C14H22N2O/c1-17-14-5-3-2-4-12(14)6-9-16-10-7-13(15)8-11-16/h2-5,13H,6-11,15H2,1H3. The van der Waals surface area contributed by atoms with E-state index in [-0.39, 0.29) is 0 Å². The molecule has 1 aliphatic heterocycles. The Labute approximate surface area is 104 Å². The van der Waals surface area contributed by atoms with E-state index in [1.807, 2.05) is 12.1 Å². The zero-order chi connectivity index (χ0) is 12.1. The smallest absolute Gasteiger partial charge is 0.122 e. The first-order valence-electron chi connectivity index (χ1n) is 6.39. The summed E-state index contributed by atoms with van der Waals surface area (Å²) in [5.74, 6) is 1.00. The molecule has 1 aliphatic rings. The fourth-order valence-electron chi connectivity index (χ4n) is 2.36. The highest BCUT2D eigenvalue weighted by Gasteiger charge is 2.15. The summed E-state index contributed by atoms with van der Waals surface area (Å²) >= 11 is 0. The predicted octanol–water partition coefficient (Wildman–Crippen LogP) is 1.66. The SMILES string of the molecule is COc1ccccc1CCN1CCC(N)CC1. The second kappa shape index (κ2) is 6.03. The number of rotatable bonds is 4. The van der Waals surface area contributed by atoms with Gasteiger partial charge in [0.25, 0.3) is 0 Å². The molecule has 3 heteroatoms. The number of hydrogen-bond acceptors (Lipinski definition) is 3. The van der Waals surface area contributed by atoms with Crippen LogP contribution in [-0.2, 0) is 6.42 Å². The van der Waals surface area contributed by atoms with Gasteiger partial charge >= 0.3 is 0 Å². The third-order valence-corrected chi connectivity index (χ3v) is 3.52. The maximum absolute atomic E-state index is 5.90. The summed E-state index contributed by atoms with van der Waals surface area (Å²) in [4.78, 5) is 2.50. The molecular formula is C14H22N2O. The molecule has 0 amide bonds. The molecule has 1 heterocycles. The fourth-order valence-corrected chi connectivity index (χ4v) is 2.36. The van der Waals surface area contributed by atoms with Gasteiger partial charge in [0.05, 0.1) is 7.11 Å². The first-order chi connectivity index (χ1) is 8.29. The number of hydrogen-bond donors (Lipinski definition) is 1. The van der Waals surface area contributed by atoms with Crippen LogP contribution in [0.5, 0.6) is 5.75 Å². The van der Waals surface area contributed by atoms with E-state index in [9.17, 15) is 0 Å². The number of para-hydroxylation sites is 1. The van der Waals surface area contributed by atoms with Crippen molar-refractivity contribution < 1.29 is 4.74 Å². The van der Waals surface area contributed by atoms with Crippen molar-refractivity contribution in [1.29, 1.82) is 0 Å². The van der Waals surface area contributed by atoms with Gasteiger partial charge in [-0.05, 0) is 44.0 Å². The molecule has 0 radical (unpaired) electrons. The predicted molar refractivity (Wildman–Crippen MR) is 70.3 cm³/mol. The van der Waals surface area contributed by atoms with Crippen LogP contribution >= 0.6 is 0 Å². The van der Waals surface area contributed by atoms with Crippen molar-refractivity contribution >= 4 is 0 Å². The minimum Gasteiger partial charge on any atom is -0.496 e. The van der Waals surface area contributed by atoms with Gasteiger partial charge in [-0.3, -0.25) is 0 Å². The van der Waals surface area contributed by atoms with Crippen molar-refractivity contribution in [3.63, 3.8) is 0 Å². The lowest BCUT2D eigenvalue weighted by molar-refractivity contribution is 0.215. The van der Waals surface area contributed by atoms with E-state index in [0.717, 1.165) is 44.6 Å². The Morgan fingerprint density at radius 1 is 1.29 bits per heavy atom. The van der Waals surface area contributed by atoms with Crippen molar-refractivity contribution in [2.75, 3.05) is 26.7 Å². The lowest BCUT2D eigenvalue weighted by Crippen LogP contribution is -2.40. The number of nitrogens with zero attached hydrogens (tertiary/aromatic N) is 1. The largest absolute Gasteiger partial charge is 0.496 e. The Morgan fingerprint density at radius 3 is 2.71 bits per heavy atom. The van der Waals surface area contributed by atoms with Gasteiger partial charge < -0.3 is 15.4 Å². The van der Waals surface area contributed by atoms with E-state index in [0.29, 0.717) is 6.04 Å². The molecule has 0 aromatic heterocycles. The number of methoxy groups -OCH3 is 1. The average molecular weight is 234 g/mol. The van der Waals surface area contributed by atoms with Gasteiger partial charge in [0.1, 0.15) is 5.75 Å². The average Bonchev–Trinajstić information content (AvgIpc) is 2.38. The monoisotopic (exact) mass is 234 g/mol. The summed E-state index contributed by atoms with van der Waals surface area (Å²) in [7, 11) is 1.73. The van der Waals surface area contributed by atoms with E-state index >= 15 is 0 Å². The summed E-state index contributed by atoms with van der Waals surface area (Å²) in [6.07, 6.45) is 3.32. The highest BCUT2D eigenvalue weighted by molar-refractivity contribution is 5.33. The Kier molecular flexibility index (Phi) is 4.40. The normalized spacial score (nSPS) is 18.2. The third kappa shape index (κ3) is 3.45. The zero-order valence-electron chi connectivity index (χ0n) is 10.6. The molecule has 0 saturated carbocycles. The van der Waals surface area contributed by atoms with Gasteiger partial charge in [0.15, 0.2) is 0 Å². The van der Waals surface area contributed by atoms with E-state index in [1.165, 1.54) is 5.56 Å². The lowest BCUT2D eigenvalue weighted by Gasteiger charge is -2.30. The number of ether oxygens (including phenoxy) is 1. The molecule has 0 atom stereocenters. The molecule has 2 N–H and O–H groups in total. The van der Waals surface area contributed by atoms with Gasteiger partial charge in [-0.25, -0.2) is 0 Å². The van der Waals surface area contributed by atoms with Crippen LogP contribution < -0.4 is 10.5 Å². The Bertz CT molecular complexity index is 346. The van der Waals surface area contributed by atoms with Gasteiger partial charge in [-0.1, -0.05) is 18.2 Å². The molecule has 94 valence electrons. The first kappa shape index (κ1) is 12.4. The van der Waals surface area contributed by atoms with Crippen molar-refractivity contribution in [1.82, 2.24) is 4.90 Å². The van der Waals surface area contributed by atoms with Crippen LogP contribution in [0, 0.1) is 0 Å². The lowest BCUT2D eigenvalue weighted by atomic mass is 10.0. The first-order valence-corrected chi connectivity index (χ1v) is 6.39. The molecule has 1 aromatic rings. The second-order valence-corrected chi connectivity index (χ2v) is 4.74. The Balaban J connectivity index is 1.85. The number of piperidine rings is 1. The zero-order valence-corrected chi connectivity index (χ0v) is 10.6. The summed E-state index contributed by atoms with van der Waals surface area (Å²) in [5, 5.41) is 0. The fraction of sp³-hybridized carbons (Fsp3) is 0.571. The third-order valence-electron chi connectivity index (χ3n) is 3.52. The number of likely N-dealkylation sites (tertiary alicyclic amines) is 1. The van der Waals surface area contributed by atoms with E-state index in [1.54, 1.807) is 7.11 Å². The van der Waals surface area contributed by atoms with E-state index in [4.69, 9.17) is 10.5 Å². The maximum atomic E-state index is 5.90. The van der Waals surface area contributed by atoms with Crippen molar-refractivity contribution in [2.45, 2.75) is 25.3 Å². The highest BCUT2D eigenvalue weighted by atomic mass is 16.5. The molecule has 0 spiro atoms. The van der Waals surface area contributed by atoms with Crippen LogP contribution in [0.2, 0.25) is 0 Å². The summed E-state index contributed by atoms with van der Waals surface area (Å²) in [6, 6.07) is 8.68. The topological polar surface area (TPSA) is 38.5 Å². The number of nitrogens with two attached hydrogens (primary N) is 1. The molecule has 0 aliphatic carbocycles. The van der Waals surface area contributed by atoms with Gasteiger partial charge in [0, 0.05) is 12.6 Å². The maximum Gasteiger partial charge on any atom is 0.122 e. The van der Waals surface area contributed by atoms with Crippen molar-refractivity contribution in [2.24, 2.45) is 5.73 Å². The quantitative estimate of drug-likeness (QED) is 0.861. The summed E-state index contributed by atoms with van der Waals surface area (Å²) < 4.78 is 5.36. The van der Waals surface area contributed by atoms with Crippen LogP contribution in [0.15, 0.2) is 24.3 Å². The summed E-state index contributed by atoms with van der Waals surface area (Å²) in [6.45, 7) is 3.37. The molecule has 2 rings (SSSR count). The summed E-state index contributed by atoms with van der Waals surface area (Å²) in [5.41, 5.74) is 7.20. The molecule has 1 aromatic carbocycles. The van der Waals surface area contributed by atoms with Crippen LogP contribution in [0.1, 0.15) is 18.4 Å². The van der Waals surface area contributed by atoms with Crippen LogP contribution in [-0.4, -0.2) is 37.7 Å². The van der Waals surface area contributed by atoms with Crippen LogP contribution in [0.3, 0.4) is 0 Å². The molecule has 1 fully saturated rings. The Hall–Kier alpha value is -1.06. The molecule has 0 unspecified atom stereocenters.